The Balaban J connectivity index is 2.21. The van der Waals surface area contributed by atoms with Gasteiger partial charge in [0.1, 0.15) is 6.04 Å². The van der Waals surface area contributed by atoms with E-state index in [-0.39, 0.29) is 18.4 Å². The molecule has 0 spiro atoms. The maximum atomic E-state index is 13.1. The lowest BCUT2D eigenvalue weighted by atomic mass is 10.0. The Morgan fingerprint density at radius 2 is 1.95 bits per heavy atom. The lowest BCUT2D eigenvalue weighted by molar-refractivity contribution is -0.142. The number of hydrogen-bond acceptors (Lipinski definition) is 7. The molecule has 6 N–H and O–H groups in total. The van der Waals surface area contributed by atoms with Crippen LogP contribution in [0.1, 0.15) is 44.4 Å². The van der Waals surface area contributed by atoms with Gasteiger partial charge in [0.25, 0.3) is 0 Å². The highest BCUT2D eigenvalue weighted by atomic mass is 32.2. The fourth-order valence-electron chi connectivity index (χ4n) is 4.02. The molecule has 0 radical (unpaired) electrons. The molecule has 0 fully saturated rings. The maximum absolute atomic E-state index is 13.1. The van der Waals surface area contributed by atoms with Gasteiger partial charge < -0.3 is 26.5 Å². The van der Waals surface area contributed by atoms with Crippen LogP contribution in [-0.2, 0) is 27.2 Å². The van der Waals surface area contributed by atoms with E-state index in [0.717, 1.165) is 17.7 Å². The molecular formula is C27H42N6O4S. The van der Waals surface area contributed by atoms with Crippen molar-refractivity contribution in [2.24, 2.45) is 11.7 Å². The molecule has 0 aliphatic carbocycles. The number of nitrogens with zero attached hydrogens (tertiary/aromatic N) is 2. The number of amides is 2. The molecule has 2 amide bonds. The Morgan fingerprint density at radius 1 is 1.21 bits per heavy atom. The number of carboxylic acids is 1. The van der Waals surface area contributed by atoms with Gasteiger partial charge in [0.05, 0.1) is 25.1 Å². The summed E-state index contributed by atoms with van der Waals surface area (Å²) in [6.07, 6.45) is 7.45. The number of hydrogen-bond donors (Lipinski definition) is 5. The normalized spacial score (nSPS) is 14.4. The van der Waals surface area contributed by atoms with Crippen LogP contribution >= 0.6 is 11.8 Å². The van der Waals surface area contributed by atoms with Crippen molar-refractivity contribution in [3.05, 3.63) is 54.1 Å². The molecule has 2 aromatic rings. The summed E-state index contributed by atoms with van der Waals surface area (Å²) in [6, 6.07) is 8.15. The smallest absolute Gasteiger partial charge is 0.326 e. The monoisotopic (exact) mass is 546 g/mol. The van der Waals surface area contributed by atoms with Gasteiger partial charge in [-0.3, -0.25) is 14.5 Å². The van der Waals surface area contributed by atoms with E-state index < -0.39 is 30.1 Å². The number of carbonyl (C=O) groups is 3. The van der Waals surface area contributed by atoms with E-state index in [9.17, 15) is 19.5 Å². The van der Waals surface area contributed by atoms with Crippen molar-refractivity contribution in [1.29, 1.82) is 0 Å². The van der Waals surface area contributed by atoms with Crippen LogP contribution in [0.2, 0.25) is 0 Å². The van der Waals surface area contributed by atoms with Crippen molar-refractivity contribution in [1.82, 2.24) is 25.5 Å². The number of thioether (sulfide) groups is 1. The average Bonchev–Trinajstić information content (AvgIpc) is 3.41. The van der Waals surface area contributed by atoms with E-state index in [4.69, 9.17) is 5.73 Å². The highest BCUT2D eigenvalue weighted by Gasteiger charge is 2.28. The number of rotatable bonds is 18. The van der Waals surface area contributed by atoms with E-state index in [1.165, 1.54) is 11.8 Å². The molecule has 210 valence electrons. The minimum atomic E-state index is -1.06. The minimum absolute atomic E-state index is 0.0486. The third-order valence-corrected chi connectivity index (χ3v) is 7.17. The van der Waals surface area contributed by atoms with E-state index in [1.54, 1.807) is 12.5 Å². The molecule has 11 heteroatoms. The number of nitrogens with one attached hydrogen (secondary N) is 3. The topological polar surface area (TPSA) is 153 Å². The van der Waals surface area contributed by atoms with Gasteiger partial charge in [-0.25, -0.2) is 9.78 Å². The van der Waals surface area contributed by atoms with Crippen LogP contribution in [0.15, 0.2) is 42.9 Å². The number of aromatic amines is 1. The molecule has 0 aliphatic heterocycles. The SMILES string of the molecule is CC[C@H](C)CC(NC(=O)C(N)Cc1cnc[nH]1)N(CCc1ccccc1)CC(=O)NC(CCSC)C(=O)O. The molecule has 0 saturated carbocycles. The summed E-state index contributed by atoms with van der Waals surface area (Å²) in [5.41, 5.74) is 8.07. The summed E-state index contributed by atoms with van der Waals surface area (Å²) < 4.78 is 0. The Bertz CT molecular complexity index is 975. The van der Waals surface area contributed by atoms with E-state index in [0.29, 0.717) is 38.0 Å². The van der Waals surface area contributed by atoms with Crippen LogP contribution in [0.4, 0.5) is 0 Å². The summed E-state index contributed by atoms with van der Waals surface area (Å²) in [5, 5.41) is 15.3. The quantitative estimate of drug-likeness (QED) is 0.178. The first-order valence-corrected chi connectivity index (χ1v) is 14.4. The molecule has 3 unspecified atom stereocenters. The van der Waals surface area contributed by atoms with E-state index in [1.807, 2.05) is 41.5 Å². The second-order valence-corrected chi connectivity index (χ2v) is 10.6. The lowest BCUT2D eigenvalue weighted by Gasteiger charge is -2.34. The predicted molar refractivity (Wildman–Crippen MR) is 151 cm³/mol. The van der Waals surface area contributed by atoms with Gasteiger partial charge >= 0.3 is 5.97 Å². The van der Waals surface area contributed by atoms with Gasteiger partial charge in [0.2, 0.25) is 11.8 Å². The first kappa shape index (κ1) is 31.3. The molecule has 0 bridgehead atoms. The molecule has 38 heavy (non-hydrogen) atoms. The number of aromatic nitrogens is 2. The van der Waals surface area contributed by atoms with Crippen molar-refractivity contribution in [2.75, 3.05) is 25.1 Å². The third kappa shape index (κ3) is 11.2. The van der Waals surface area contributed by atoms with Crippen molar-refractivity contribution in [2.45, 2.75) is 64.2 Å². The summed E-state index contributed by atoms with van der Waals surface area (Å²) >= 11 is 1.53. The third-order valence-electron chi connectivity index (χ3n) is 6.52. The standard InChI is InChI=1S/C27H42N6O4S/c1-4-19(2)14-24(32-26(35)22(28)15-21-16-29-18-30-21)33(12-10-20-8-6-5-7-9-20)17-25(34)31-23(27(36)37)11-13-38-3/h5-9,16,18-19,22-24H,4,10-15,17,28H2,1-3H3,(H,29,30)(H,31,34)(H,32,35)(H,36,37)/t19-,22?,23?,24?/m0/s1. The zero-order valence-corrected chi connectivity index (χ0v) is 23.4. The molecule has 4 atom stereocenters. The van der Waals surface area contributed by atoms with Crippen molar-refractivity contribution in [3.63, 3.8) is 0 Å². The number of nitrogens with two attached hydrogens (primary N) is 1. The summed E-state index contributed by atoms with van der Waals surface area (Å²) in [5.74, 6) is -0.869. The summed E-state index contributed by atoms with van der Waals surface area (Å²) in [7, 11) is 0. The van der Waals surface area contributed by atoms with Gasteiger partial charge in [-0.15, -0.1) is 0 Å². The largest absolute Gasteiger partial charge is 0.480 e. The van der Waals surface area contributed by atoms with Gasteiger partial charge in [0.15, 0.2) is 0 Å². The van der Waals surface area contributed by atoms with Crippen LogP contribution in [0.3, 0.4) is 0 Å². The van der Waals surface area contributed by atoms with Crippen LogP contribution in [0.5, 0.6) is 0 Å². The average molecular weight is 547 g/mol. The molecular weight excluding hydrogens is 504 g/mol. The second kappa shape index (κ2) is 16.8. The number of carbonyl (C=O) groups excluding carboxylic acids is 2. The first-order chi connectivity index (χ1) is 18.2. The molecule has 0 aliphatic rings. The lowest BCUT2D eigenvalue weighted by Crippen LogP contribution is -2.56. The van der Waals surface area contributed by atoms with Crippen molar-refractivity contribution < 1.29 is 19.5 Å². The zero-order chi connectivity index (χ0) is 27.9. The van der Waals surface area contributed by atoms with Crippen LogP contribution in [-0.4, -0.2) is 81.1 Å². The molecule has 1 aromatic carbocycles. The van der Waals surface area contributed by atoms with E-state index >= 15 is 0 Å². The Hall–Kier alpha value is -2.89. The van der Waals surface area contributed by atoms with Gasteiger partial charge in [-0.05, 0) is 42.8 Å². The van der Waals surface area contributed by atoms with Gasteiger partial charge in [0, 0.05) is 24.9 Å². The number of imidazole rings is 1. The van der Waals surface area contributed by atoms with Crippen LogP contribution in [0.25, 0.3) is 0 Å². The molecule has 0 saturated heterocycles. The van der Waals surface area contributed by atoms with E-state index in [2.05, 4.69) is 34.4 Å². The highest BCUT2D eigenvalue weighted by Crippen LogP contribution is 2.15. The van der Waals surface area contributed by atoms with Crippen LogP contribution < -0.4 is 16.4 Å². The Morgan fingerprint density at radius 3 is 2.55 bits per heavy atom. The predicted octanol–water partition coefficient (Wildman–Crippen LogP) is 2.03. The fourth-order valence-corrected chi connectivity index (χ4v) is 4.50. The minimum Gasteiger partial charge on any atom is -0.480 e. The molecule has 10 nitrogen and oxygen atoms in total. The number of benzene rings is 1. The molecule has 1 heterocycles. The molecule has 1 aromatic heterocycles. The zero-order valence-electron chi connectivity index (χ0n) is 22.6. The van der Waals surface area contributed by atoms with Crippen molar-refractivity contribution >= 4 is 29.5 Å². The Labute approximate surface area is 229 Å². The van der Waals surface area contributed by atoms with Crippen LogP contribution in [0, 0.1) is 5.92 Å². The summed E-state index contributed by atoms with van der Waals surface area (Å²) in [6.45, 7) is 4.63. The molecule has 2 rings (SSSR count). The highest BCUT2D eigenvalue weighted by molar-refractivity contribution is 7.98. The maximum Gasteiger partial charge on any atom is 0.326 e. The Kier molecular flexibility index (Phi) is 13.9. The summed E-state index contributed by atoms with van der Waals surface area (Å²) in [4.78, 5) is 46.7. The number of H-pyrrole nitrogens is 1. The van der Waals surface area contributed by atoms with Gasteiger partial charge in [-0.1, -0.05) is 50.6 Å². The number of carboxylic acid groups (broad SMARTS) is 1. The van der Waals surface area contributed by atoms with Crippen molar-refractivity contribution in [3.8, 4) is 0 Å². The van der Waals surface area contributed by atoms with Gasteiger partial charge in [-0.2, -0.15) is 11.8 Å². The number of aliphatic carboxylic acids is 1. The fraction of sp³-hybridized carbons (Fsp3) is 0.556. The first-order valence-electron chi connectivity index (χ1n) is 13.1. The second-order valence-electron chi connectivity index (χ2n) is 9.61.